The van der Waals surface area contributed by atoms with E-state index in [0.717, 1.165) is 27.4 Å². The van der Waals surface area contributed by atoms with Gasteiger partial charge < -0.3 is 0 Å². The van der Waals surface area contributed by atoms with Gasteiger partial charge in [0.15, 0.2) is 0 Å². The van der Waals surface area contributed by atoms with E-state index in [0.29, 0.717) is 22.0 Å². The summed E-state index contributed by atoms with van der Waals surface area (Å²) in [6, 6.07) is 21.7. The van der Waals surface area contributed by atoms with Crippen molar-refractivity contribution in [2.75, 3.05) is 10.0 Å². The zero-order chi connectivity index (χ0) is 24.1. The number of hydrogen-bond donors (Lipinski definition) is 2. The zero-order valence-corrected chi connectivity index (χ0v) is 21.1. The molecule has 4 rings (SSSR count). The van der Waals surface area contributed by atoms with E-state index in [1.54, 1.807) is 24.3 Å². The van der Waals surface area contributed by atoms with E-state index in [-0.39, 0.29) is 15.4 Å². The Bertz CT molecular complexity index is 1420. The molecule has 0 bridgehead atoms. The number of nitrogens with one attached hydrogen (secondary N) is 2. The van der Waals surface area contributed by atoms with Gasteiger partial charge >= 0.3 is 0 Å². The van der Waals surface area contributed by atoms with Crippen LogP contribution in [0.15, 0.2) is 82.0 Å². The second-order valence-corrected chi connectivity index (χ2v) is 11.4. The topological polar surface area (TPSA) is 101 Å². The Balaban J connectivity index is 1.46. The van der Waals surface area contributed by atoms with Crippen LogP contribution in [0.5, 0.6) is 0 Å². The Morgan fingerprint density at radius 3 is 2.47 bits per heavy atom. The van der Waals surface area contributed by atoms with E-state index < -0.39 is 10.0 Å². The molecule has 0 saturated carbocycles. The van der Waals surface area contributed by atoms with Crippen LogP contribution in [-0.4, -0.2) is 24.5 Å². The summed E-state index contributed by atoms with van der Waals surface area (Å²) in [5.74, 6) is 0.263. The summed E-state index contributed by atoms with van der Waals surface area (Å²) >= 11 is 8.21. The van der Waals surface area contributed by atoms with Gasteiger partial charge in [-0.3, -0.25) is 14.8 Å². The lowest BCUT2D eigenvalue weighted by molar-refractivity contribution is 0.102. The van der Waals surface area contributed by atoms with Crippen LogP contribution < -0.4 is 10.0 Å². The van der Waals surface area contributed by atoms with Crippen LogP contribution in [0.1, 0.15) is 21.5 Å². The SMILES string of the molecule is Cc1ccccc1C(=O)Nc1nnc(S(=O)(=O)Nc2ccccc2SCc2ccc(Cl)cc2)s1. The number of rotatable bonds is 8. The van der Waals surface area contributed by atoms with Gasteiger partial charge in [0.05, 0.1) is 5.69 Å². The summed E-state index contributed by atoms with van der Waals surface area (Å²) < 4.78 is 28.2. The second kappa shape index (κ2) is 10.6. The Morgan fingerprint density at radius 1 is 1.00 bits per heavy atom. The molecule has 0 fully saturated rings. The van der Waals surface area contributed by atoms with Gasteiger partial charge in [0, 0.05) is 21.2 Å². The normalized spacial score (nSPS) is 11.2. The van der Waals surface area contributed by atoms with Gasteiger partial charge in [0.2, 0.25) is 5.13 Å². The summed E-state index contributed by atoms with van der Waals surface area (Å²) in [7, 11) is -4.00. The van der Waals surface area contributed by atoms with Crippen molar-refractivity contribution in [1.82, 2.24) is 10.2 Å². The molecular formula is C23H19ClN4O3S3. The fraction of sp³-hybridized carbons (Fsp3) is 0.0870. The number of carbonyl (C=O) groups is 1. The highest BCUT2D eigenvalue weighted by Crippen LogP contribution is 2.32. The number of para-hydroxylation sites is 1. The fourth-order valence-corrected chi connectivity index (χ4v) is 6.10. The molecule has 0 aliphatic rings. The first-order valence-corrected chi connectivity index (χ1v) is 13.7. The van der Waals surface area contributed by atoms with Gasteiger partial charge in [-0.2, -0.15) is 8.42 Å². The predicted molar refractivity (Wildman–Crippen MR) is 137 cm³/mol. The van der Waals surface area contributed by atoms with Crippen molar-refractivity contribution < 1.29 is 13.2 Å². The Kier molecular flexibility index (Phi) is 7.52. The quantitative estimate of drug-likeness (QED) is 0.219. The second-order valence-electron chi connectivity index (χ2n) is 7.16. The number of hydrogen-bond acceptors (Lipinski definition) is 7. The summed E-state index contributed by atoms with van der Waals surface area (Å²) in [6.45, 7) is 1.82. The summed E-state index contributed by atoms with van der Waals surface area (Å²) in [6.07, 6.45) is 0. The fourth-order valence-electron chi connectivity index (χ4n) is 2.97. The first-order valence-electron chi connectivity index (χ1n) is 10.0. The van der Waals surface area contributed by atoms with E-state index in [9.17, 15) is 13.2 Å². The van der Waals surface area contributed by atoms with Gasteiger partial charge in [0.1, 0.15) is 0 Å². The van der Waals surface area contributed by atoms with E-state index in [1.807, 2.05) is 55.5 Å². The van der Waals surface area contributed by atoms with Crippen molar-refractivity contribution in [3.05, 3.63) is 94.5 Å². The number of aryl methyl sites for hydroxylation is 1. The molecule has 34 heavy (non-hydrogen) atoms. The zero-order valence-electron chi connectivity index (χ0n) is 17.9. The molecule has 0 aliphatic carbocycles. The molecule has 174 valence electrons. The minimum atomic E-state index is -4.00. The number of benzene rings is 3. The van der Waals surface area contributed by atoms with Gasteiger partial charge in [0.25, 0.3) is 20.3 Å². The molecule has 1 heterocycles. The maximum absolute atomic E-state index is 12.9. The Labute approximate surface area is 210 Å². The number of nitrogens with zero attached hydrogens (tertiary/aromatic N) is 2. The van der Waals surface area contributed by atoms with Crippen molar-refractivity contribution >= 4 is 61.4 Å². The lowest BCUT2D eigenvalue weighted by Crippen LogP contribution is -2.13. The minimum Gasteiger partial charge on any atom is -0.296 e. The molecule has 3 aromatic carbocycles. The first-order chi connectivity index (χ1) is 16.3. The first kappa shape index (κ1) is 24.2. The maximum atomic E-state index is 12.9. The standard InChI is InChI=1S/C23H19ClN4O3S3/c1-15-6-2-3-7-18(15)21(29)25-22-26-27-23(33-22)34(30,31)28-19-8-4-5-9-20(19)32-14-16-10-12-17(24)13-11-16/h2-13,28H,14H2,1H3,(H,25,26,29). The minimum absolute atomic E-state index is 0.0963. The van der Waals surface area contributed by atoms with Crippen LogP contribution in [0.4, 0.5) is 10.8 Å². The van der Waals surface area contributed by atoms with Crippen molar-refractivity contribution in [2.24, 2.45) is 0 Å². The molecular weight excluding hydrogens is 512 g/mol. The number of aromatic nitrogens is 2. The summed E-state index contributed by atoms with van der Waals surface area (Å²) in [4.78, 5) is 13.3. The van der Waals surface area contributed by atoms with Crippen LogP contribution in [0, 0.1) is 6.92 Å². The average Bonchev–Trinajstić information content (AvgIpc) is 3.29. The number of amides is 1. The number of anilines is 2. The predicted octanol–water partition coefficient (Wildman–Crippen LogP) is 5.85. The molecule has 0 aliphatic heterocycles. The molecule has 0 radical (unpaired) electrons. The molecule has 7 nitrogen and oxygen atoms in total. The molecule has 0 unspecified atom stereocenters. The van der Waals surface area contributed by atoms with E-state index in [2.05, 4.69) is 20.2 Å². The lowest BCUT2D eigenvalue weighted by Gasteiger charge is -2.11. The highest BCUT2D eigenvalue weighted by molar-refractivity contribution is 7.99. The maximum Gasteiger partial charge on any atom is 0.291 e. The van der Waals surface area contributed by atoms with Gasteiger partial charge in [-0.05, 0) is 48.4 Å². The third kappa shape index (κ3) is 5.95. The Morgan fingerprint density at radius 2 is 1.71 bits per heavy atom. The summed E-state index contributed by atoms with van der Waals surface area (Å²) in [5.41, 5.74) is 2.77. The molecule has 11 heteroatoms. The van der Waals surface area contributed by atoms with Gasteiger partial charge in [-0.15, -0.1) is 22.0 Å². The molecule has 4 aromatic rings. The molecule has 0 atom stereocenters. The van der Waals surface area contributed by atoms with Crippen LogP contribution in [-0.2, 0) is 15.8 Å². The van der Waals surface area contributed by atoms with Crippen molar-refractivity contribution in [2.45, 2.75) is 21.9 Å². The number of sulfonamides is 1. The van der Waals surface area contributed by atoms with Crippen LogP contribution in [0.3, 0.4) is 0 Å². The molecule has 0 saturated heterocycles. The third-order valence-electron chi connectivity index (χ3n) is 4.69. The average molecular weight is 531 g/mol. The third-order valence-corrected chi connectivity index (χ3v) is 8.65. The van der Waals surface area contributed by atoms with Crippen molar-refractivity contribution in [1.29, 1.82) is 0 Å². The number of carbonyl (C=O) groups excluding carboxylic acids is 1. The number of thioether (sulfide) groups is 1. The molecule has 1 amide bonds. The number of halogens is 1. The molecule has 2 N–H and O–H groups in total. The van der Waals surface area contributed by atoms with E-state index in [4.69, 9.17) is 11.6 Å². The summed E-state index contributed by atoms with van der Waals surface area (Å²) in [5, 5.41) is 11.0. The largest absolute Gasteiger partial charge is 0.296 e. The van der Waals surface area contributed by atoms with E-state index >= 15 is 0 Å². The molecule has 1 aromatic heterocycles. The highest BCUT2D eigenvalue weighted by Gasteiger charge is 2.22. The molecule has 0 spiro atoms. The van der Waals surface area contributed by atoms with Gasteiger partial charge in [-0.1, -0.05) is 65.4 Å². The van der Waals surface area contributed by atoms with Crippen LogP contribution in [0.2, 0.25) is 5.02 Å². The highest BCUT2D eigenvalue weighted by atomic mass is 35.5. The van der Waals surface area contributed by atoms with Crippen molar-refractivity contribution in [3.63, 3.8) is 0 Å². The van der Waals surface area contributed by atoms with Gasteiger partial charge in [-0.25, -0.2) is 0 Å². The van der Waals surface area contributed by atoms with Crippen LogP contribution >= 0.6 is 34.7 Å². The smallest absolute Gasteiger partial charge is 0.291 e. The Hall–Kier alpha value is -2.92. The van der Waals surface area contributed by atoms with E-state index in [1.165, 1.54) is 11.8 Å². The monoisotopic (exact) mass is 530 g/mol. The van der Waals surface area contributed by atoms with Crippen LogP contribution in [0.25, 0.3) is 0 Å². The van der Waals surface area contributed by atoms with Crippen molar-refractivity contribution in [3.8, 4) is 0 Å². The lowest BCUT2D eigenvalue weighted by atomic mass is 10.1.